The van der Waals surface area contributed by atoms with Crippen LogP contribution in [0.4, 0.5) is 5.82 Å². The van der Waals surface area contributed by atoms with Gasteiger partial charge >= 0.3 is 11.8 Å². The molecule has 0 aliphatic rings. The maximum Gasteiger partial charge on any atom is 0.356 e. The van der Waals surface area contributed by atoms with Crippen molar-refractivity contribution < 1.29 is 14.5 Å². The summed E-state index contributed by atoms with van der Waals surface area (Å²) in [5.41, 5.74) is 0.0248. The molecule has 0 atom stereocenters. The third-order valence-corrected chi connectivity index (χ3v) is 1.73. The van der Waals surface area contributed by atoms with Crippen LogP contribution in [0, 0.1) is 28.9 Å². The Labute approximate surface area is 97.3 Å². The normalized spacial score (nSPS) is 9.29. The number of rotatable bonds is 3. The summed E-state index contributed by atoms with van der Waals surface area (Å²) >= 11 is 0. The Kier molecular flexibility index (Phi) is 4.22. The Morgan fingerprint density at radius 3 is 2.94 bits per heavy atom. The molecule has 0 aromatic carbocycles. The molecule has 0 saturated heterocycles. The molecule has 1 heterocycles. The molecule has 17 heavy (non-hydrogen) atoms. The van der Waals surface area contributed by atoms with E-state index in [1.165, 1.54) is 0 Å². The number of esters is 1. The first-order valence-electron chi connectivity index (χ1n) is 4.90. The first kappa shape index (κ1) is 12.7. The largest absolute Gasteiger partial charge is 0.465 e. The van der Waals surface area contributed by atoms with E-state index in [9.17, 15) is 14.9 Å². The molecule has 1 aromatic heterocycles. The number of imidazole rings is 1. The van der Waals surface area contributed by atoms with Gasteiger partial charge in [0.1, 0.15) is 6.42 Å². The third-order valence-electron chi connectivity index (χ3n) is 1.73. The molecule has 90 valence electrons. The minimum Gasteiger partial charge on any atom is -0.465 e. The van der Waals surface area contributed by atoms with E-state index < -0.39 is 10.9 Å². The number of ether oxygens (including phenoxy) is 1. The summed E-state index contributed by atoms with van der Waals surface area (Å²) in [6, 6.07) is 0. The fourth-order valence-corrected chi connectivity index (χ4v) is 1.11. The van der Waals surface area contributed by atoms with Gasteiger partial charge in [-0.3, -0.25) is 4.79 Å². The zero-order valence-corrected chi connectivity index (χ0v) is 9.44. The van der Waals surface area contributed by atoms with Gasteiger partial charge in [0.25, 0.3) is 0 Å². The smallest absolute Gasteiger partial charge is 0.356 e. The summed E-state index contributed by atoms with van der Waals surface area (Å²) in [4.78, 5) is 27.3. The van der Waals surface area contributed by atoms with Crippen molar-refractivity contribution in [2.24, 2.45) is 0 Å². The van der Waals surface area contributed by atoms with Gasteiger partial charge in [0.2, 0.25) is 5.69 Å². The van der Waals surface area contributed by atoms with Crippen LogP contribution in [-0.2, 0) is 9.53 Å². The van der Waals surface area contributed by atoms with E-state index in [1.54, 1.807) is 13.8 Å². The number of nitro groups is 1. The van der Waals surface area contributed by atoms with Crippen molar-refractivity contribution in [2.45, 2.75) is 20.3 Å². The summed E-state index contributed by atoms with van der Waals surface area (Å²) in [6.07, 6.45) is -0.114. The van der Waals surface area contributed by atoms with Gasteiger partial charge in [-0.2, -0.15) is 4.98 Å². The third kappa shape index (κ3) is 3.61. The van der Waals surface area contributed by atoms with Gasteiger partial charge in [-0.15, -0.1) is 0 Å². The number of carbonyl (C=O) groups is 1. The first-order valence-corrected chi connectivity index (χ1v) is 4.90. The van der Waals surface area contributed by atoms with Gasteiger partial charge in [-0.25, -0.2) is 4.98 Å². The first-order chi connectivity index (χ1) is 8.04. The van der Waals surface area contributed by atoms with Gasteiger partial charge < -0.3 is 14.9 Å². The average Bonchev–Trinajstić information content (AvgIpc) is 2.60. The van der Waals surface area contributed by atoms with Gasteiger partial charge in [0.05, 0.1) is 6.61 Å². The van der Waals surface area contributed by atoms with Crippen LogP contribution in [0.15, 0.2) is 0 Å². The lowest BCUT2D eigenvalue weighted by atomic mass is 10.3. The molecular weight excluding hydrogens is 226 g/mol. The maximum absolute atomic E-state index is 11.0. The van der Waals surface area contributed by atoms with Gasteiger partial charge in [0.15, 0.2) is 5.82 Å². The summed E-state index contributed by atoms with van der Waals surface area (Å²) < 4.78 is 4.66. The average molecular weight is 237 g/mol. The zero-order valence-electron chi connectivity index (χ0n) is 9.44. The zero-order chi connectivity index (χ0) is 12.8. The summed E-state index contributed by atoms with van der Waals surface area (Å²) in [7, 11) is 0. The second kappa shape index (κ2) is 5.65. The number of hydrogen-bond acceptors (Lipinski definition) is 5. The Bertz CT molecular complexity index is 495. The van der Waals surface area contributed by atoms with Crippen molar-refractivity contribution in [3.05, 3.63) is 21.6 Å². The number of aromatic amines is 1. The molecule has 1 aromatic rings. The Hall–Kier alpha value is -2.36. The number of nitrogens with zero attached hydrogens (tertiary/aromatic N) is 2. The van der Waals surface area contributed by atoms with Gasteiger partial charge in [0, 0.05) is 6.92 Å². The molecule has 0 bridgehead atoms. The lowest BCUT2D eigenvalue weighted by Crippen LogP contribution is -2.01. The fourth-order valence-electron chi connectivity index (χ4n) is 1.11. The number of aryl methyl sites for hydroxylation is 1. The molecule has 0 saturated carbocycles. The van der Waals surface area contributed by atoms with Crippen molar-refractivity contribution in [2.75, 3.05) is 6.61 Å². The highest BCUT2D eigenvalue weighted by atomic mass is 16.6. The highest BCUT2D eigenvalue weighted by Gasteiger charge is 2.15. The predicted molar refractivity (Wildman–Crippen MR) is 58.1 cm³/mol. The molecule has 0 aliphatic carbocycles. The molecule has 1 N–H and O–H groups in total. The molecule has 0 unspecified atom stereocenters. The van der Waals surface area contributed by atoms with E-state index in [0.717, 1.165) is 0 Å². The Balaban J connectivity index is 2.78. The van der Waals surface area contributed by atoms with E-state index in [4.69, 9.17) is 0 Å². The second-order valence-electron chi connectivity index (χ2n) is 3.06. The van der Waals surface area contributed by atoms with Crippen LogP contribution < -0.4 is 0 Å². The SMILES string of the molecule is CCOC(=O)CC#Cc1nc(C)[nH]c1[N+](=O)[O-]. The minimum atomic E-state index is -0.603. The van der Waals surface area contributed by atoms with Crippen molar-refractivity contribution in [1.82, 2.24) is 9.97 Å². The lowest BCUT2D eigenvalue weighted by Gasteiger charge is -1.94. The molecule has 0 aliphatic heterocycles. The Morgan fingerprint density at radius 1 is 1.65 bits per heavy atom. The number of hydrogen-bond donors (Lipinski definition) is 1. The number of H-pyrrole nitrogens is 1. The van der Waals surface area contributed by atoms with E-state index in [0.29, 0.717) is 5.82 Å². The number of carbonyl (C=O) groups excluding carboxylic acids is 1. The van der Waals surface area contributed by atoms with Crippen molar-refractivity contribution in [3.63, 3.8) is 0 Å². The molecule has 7 nitrogen and oxygen atoms in total. The van der Waals surface area contributed by atoms with Crippen LogP contribution in [0.25, 0.3) is 0 Å². The van der Waals surface area contributed by atoms with Gasteiger partial charge in [-0.05, 0) is 17.8 Å². The molecule has 7 heteroatoms. The van der Waals surface area contributed by atoms with E-state index in [1.807, 2.05) is 0 Å². The number of aromatic nitrogens is 2. The van der Waals surface area contributed by atoms with Crippen LogP contribution >= 0.6 is 0 Å². The predicted octanol–water partition coefficient (Wildman–Crippen LogP) is 0.931. The quantitative estimate of drug-likeness (QED) is 0.365. The van der Waals surface area contributed by atoms with Crippen LogP contribution in [0.1, 0.15) is 24.9 Å². The fraction of sp³-hybridized carbons (Fsp3) is 0.400. The monoisotopic (exact) mass is 237 g/mol. The second-order valence-corrected chi connectivity index (χ2v) is 3.06. The van der Waals surface area contributed by atoms with Gasteiger partial charge in [-0.1, -0.05) is 5.92 Å². The van der Waals surface area contributed by atoms with E-state index in [-0.39, 0.29) is 24.5 Å². The van der Waals surface area contributed by atoms with Crippen molar-refractivity contribution in [1.29, 1.82) is 0 Å². The molecule has 0 spiro atoms. The molecule has 0 fully saturated rings. The van der Waals surface area contributed by atoms with Crippen molar-refractivity contribution >= 4 is 11.8 Å². The summed E-state index contributed by atoms with van der Waals surface area (Å²) in [5.74, 6) is 4.63. The lowest BCUT2D eigenvalue weighted by molar-refractivity contribution is -0.389. The minimum absolute atomic E-state index is 0.0248. The van der Waals surface area contributed by atoms with Crippen LogP contribution in [-0.4, -0.2) is 27.5 Å². The maximum atomic E-state index is 11.0. The van der Waals surface area contributed by atoms with E-state index in [2.05, 4.69) is 26.5 Å². The van der Waals surface area contributed by atoms with Crippen LogP contribution in [0.2, 0.25) is 0 Å². The van der Waals surface area contributed by atoms with Crippen LogP contribution in [0.3, 0.4) is 0 Å². The highest BCUT2D eigenvalue weighted by Crippen LogP contribution is 2.13. The molecular formula is C10H11N3O4. The standard InChI is InChI=1S/C10H11N3O4/c1-3-17-9(14)6-4-5-8-10(13(15)16)12-7(2)11-8/h3,6H2,1-2H3,(H,11,12). The number of nitrogens with one attached hydrogen (secondary N) is 1. The Morgan fingerprint density at radius 2 is 2.35 bits per heavy atom. The van der Waals surface area contributed by atoms with Crippen molar-refractivity contribution in [3.8, 4) is 11.8 Å². The highest BCUT2D eigenvalue weighted by molar-refractivity contribution is 5.72. The summed E-state index contributed by atoms with van der Waals surface area (Å²) in [6.45, 7) is 3.55. The summed E-state index contributed by atoms with van der Waals surface area (Å²) in [5, 5.41) is 10.6. The molecule has 0 amide bonds. The topological polar surface area (TPSA) is 98.1 Å². The van der Waals surface area contributed by atoms with Crippen LogP contribution in [0.5, 0.6) is 0 Å². The van der Waals surface area contributed by atoms with E-state index >= 15 is 0 Å². The molecule has 1 rings (SSSR count). The molecule has 0 radical (unpaired) electrons.